The van der Waals surface area contributed by atoms with Crippen LogP contribution < -0.4 is 0 Å². The average Bonchev–Trinajstić information content (AvgIpc) is 2.21. The van der Waals surface area contributed by atoms with Crippen molar-refractivity contribution in [1.82, 2.24) is 0 Å². The van der Waals surface area contributed by atoms with Crippen molar-refractivity contribution in [3.63, 3.8) is 0 Å². The first-order chi connectivity index (χ1) is 6.79. The van der Waals surface area contributed by atoms with Crippen LogP contribution in [-0.4, -0.2) is 8.21 Å². The second-order valence-electron chi connectivity index (χ2n) is 4.12. The molecule has 2 rings (SSSR count). The number of hydrogen-bond donors (Lipinski definition) is 0. The van der Waals surface area contributed by atoms with Crippen LogP contribution in [0.2, 0.25) is 0 Å². The van der Waals surface area contributed by atoms with Gasteiger partial charge in [-0.3, -0.25) is 0 Å². The molecule has 0 aromatic rings. The van der Waals surface area contributed by atoms with Gasteiger partial charge in [-0.15, -0.1) is 0 Å². The predicted octanol–water partition coefficient (Wildman–Crippen LogP) is 3.34. The first-order valence-electron chi connectivity index (χ1n) is 5.77. The van der Waals surface area contributed by atoms with E-state index >= 15 is 0 Å². The Morgan fingerprint density at radius 2 is 0.786 bits per heavy atom. The van der Waals surface area contributed by atoms with Crippen LogP contribution >= 0.6 is 0 Å². The van der Waals surface area contributed by atoms with Crippen LogP contribution in [-0.2, 0) is 35.7 Å². The molecule has 2 heteroatoms. The van der Waals surface area contributed by atoms with Crippen molar-refractivity contribution in [3.8, 4) is 0 Å². The van der Waals surface area contributed by atoms with E-state index in [-0.39, 0.29) is 0 Å². The minimum atomic E-state index is 1.37. The second kappa shape index (κ2) is 8.18. The Kier molecular flexibility index (Phi) is 7.62. The van der Waals surface area contributed by atoms with Gasteiger partial charge in [0.2, 0.25) is 0 Å². The van der Waals surface area contributed by atoms with Gasteiger partial charge in [0.05, 0.1) is 0 Å². The molecule has 0 atom stereocenters. The first kappa shape index (κ1) is 13.1. The second-order valence-corrected chi connectivity index (χ2v) is 6.58. The molecule has 0 aromatic heterocycles. The van der Waals surface area contributed by atoms with Crippen LogP contribution in [0.3, 0.4) is 0 Å². The van der Waals surface area contributed by atoms with Crippen LogP contribution in [0.25, 0.3) is 0 Å². The Balaban J connectivity index is 0.000000140. The number of hydrogen-bond acceptors (Lipinski definition) is 0. The van der Waals surface area contributed by atoms with Gasteiger partial charge in [0, 0.05) is 0 Å². The summed E-state index contributed by atoms with van der Waals surface area (Å²) in [6.07, 6.45) is 14.1. The van der Waals surface area contributed by atoms with Crippen LogP contribution in [0.5, 0.6) is 0 Å². The van der Waals surface area contributed by atoms with E-state index in [0.29, 0.717) is 0 Å². The third kappa shape index (κ3) is 6.47. The van der Waals surface area contributed by atoms with Gasteiger partial charge in [0.15, 0.2) is 0 Å². The van der Waals surface area contributed by atoms with Gasteiger partial charge < -0.3 is 0 Å². The van der Waals surface area contributed by atoms with Crippen molar-refractivity contribution in [2.75, 3.05) is 0 Å². The zero-order valence-corrected chi connectivity index (χ0v) is 12.3. The van der Waals surface area contributed by atoms with Gasteiger partial charge in [-0.25, -0.2) is 0 Å². The summed E-state index contributed by atoms with van der Waals surface area (Å²) < 4.78 is 3.29. The summed E-state index contributed by atoms with van der Waals surface area (Å²) >= 11 is 5.47. The molecular weight excluding hydrogens is 346 g/mol. The third-order valence-electron chi connectivity index (χ3n) is 2.77. The van der Waals surface area contributed by atoms with Crippen molar-refractivity contribution in [3.05, 3.63) is 0 Å². The van der Waals surface area contributed by atoms with Gasteiger partial charge in [-0.05, 0) is 0 Å². The molecule has 0 spiro atoms. The topological polar surface area (TPSA) is 0 Å². The maximum absolute atomic E-state index is 2.74. The maximum atomic E-state index is 2.74. The monoisotopic (exact) mass is 368 g/mol. The van der Waals surface area contributed by atoms with Crippen molar-refractivity contribution in [2.24, 2.45) is 0 Å². The molecule has 14 heavy (non-hydrogen) atoms. The van der Waals surface area contributed by atoms with Crippen molar-refractivity contribution < 1.29 is 35.7 Å². The van der Waals surface area contributed by atoms with E-state index < -0.39 is 0 Å². The molecule has 2 aliphatic rings. The van der Waals surface area contributed by atoms with Gasteiger partial charge >= 0.3 is 108 Å². The van der Waals surface area contributed by atoms with Crippen molar-refractivity contribution in [1.29, 1.82) is 0 Å². The molecule has 0 bridgehead atoms. The van der Waals surface area contributed by atoms with Crippen LogP contribution in [0.4, 0.5) is 0 Å². The molecular formula is C12H20Ru2. The van der Waals surface area contributed by atoms with Crippen LogP contribution in [0, 0.1) is 0 Å². The molecule has 2 aliphatic carbocycles. The summed E-state index contributed by atoms with van der Waals surface area (Å²) in [6, 6.07) is 0. The fourth-order valence-corrected chi connectivity index (χ4v) is 3.08. The van der Waals surface area contributed by atoms with E-state index in [9.17, 15) is 0 Å². The van der Waals surface area contributed by atoms with E-state index in [4.69, 9.17) is 0 Å². The molecule has 0 amide bonds. The molecule has 84 valence electrons. The van der Waals surface area contributed by atoms with E-state index in [0.717, 1.165) is 0 Å². The first-order valence-corrected chi connectivity index (χ1v) is 7.51. The van der Waals surface area contributed by atoms with Gasteiger partial charge in [0.25, 0.3) is 0 Å². The molecule has 2 saturated carbocycles. The van der Waals surface area contributed by atoms with Gasteiger partial charge in [-0.2, -0.15) is 0 Å². The van der Waals surface area contributed by atoms with Gasteiger partial charge in [0.1, 0.15) is 0 Å². The predicted molar refractivity (Wildman–Crippen MR) is 56.2 cm³/mol. The molecule has 0 aliphatic heterocycles. The Hall–Kier alpha value is 0.987. The average molecular weight is 366 g/mol. The SMILES string of the molecule is [Ru]=[C]1CCCCC1.[Ru]=[C]1CCCCC1. The summed E-state index contributed by atoms with van der Waals surface area (Å²) in [5.41, 5.74) is 0. The van der Waals surface area contributed by atoms with Gasteiger partial charge in [-0.1, -0.05) is 0 Å². The molecule has 0 nitrogen and oxygen atoms in total. The molecule has 0 N–H and O–H groups in total. The Morgan fingerprint density at radius 1 is 0.500 bits per heavy atom. The quantitative estimate of drug-likeness (QED) is 0.577. The normalized spacial score (nSPS) is 22.7. The molecule has 0 heterocycles. The van der Waals surface area contributed by atoms with E-state index in [1.165, 1.54) is 64.2 Å². The summed E-state index contributed by atoms with van der Waals surface area (Å²) in [5.74, 6) is 0. The Labute approximate surface area is 108 Å². The molecule has 0 radical (unpaired) electrons. The summed E-state index contributed by atoms with van der Waals surface area (Å²) in [4.78, 5) is 0. The van der Waals surface area contributed by atoms with Crippen LogP contribution in [0.1, 0.15) is 64.2 Å². The van der Waals surface area contributed by atoms with Crippen LogP contribution in [0.15, 0.2) is 0 Å². The fourth-order valence-electron chi connectivity index (χ4n) is 1.85. The van der Waals surface area contributed by atoms with Crippen molar-refractivity contribution in [2.45, 2.75) is 64.2 Å². The Morgan fingerprint density at radius 3 is 0.929 bits per heavy atom. The molecule has 0 saturated heterocycles. The fraction of sp³-hybridized carbons (Fsp3) is 0.833. The Bertz CT molecular complexity index is 158. The summed E-state index contributed by atoms with van der Waals surface area (Å²) in [6.45, 7) is 0. The standard InChI is InChI=1S/2C6H10.2Ru/c2*1-2-4-6-5-3-1;;/h2*1-5H2;;. The van der Waals surface area contributed by atoms with Crippen molar-refractivity contribution >= 4 is 8.21 Å². The van der Waals surface area contributed by atoms with E-state index in [1.807, 2.05) is 0 Å². The summed E-state index contributed by atoms with van der Waals surface area (Å²) in [5, 5.41) is 0. The molecule has 0 unspecified atom stereocenters. The zero-order chi connectivity index (χ0) is 10.2. The summed E-state index contributed by atoms with van der Waals surface area (Å²) in [7, 11) is 0. The molecule has 2 fully saturated rings. The molecule has 0 aromatic carbocycles. The zero-order valence-electron chi connectivity index (χ0n) is 8.78. The minimum absolute atomic E-state index is 1.37. The number of rotatable bonds is 0. The van der Waals surface area contributed by atoms with E-state index in [1.54, 1.807) is 8.21 Å². The third-order valence-corrected chi connectivity index (χ3v) is 4.51. The van der Waals surface area contributed by atoms with E-state index in [2.05, 4.69) is 35.7 Å².